The van der Waals surface area contributed by atoms with Gasteiger partial charge in [0.15, 0.2) is 11.6 Å². The Morgan fingerprint density at radius 2 is 1.67 bits per heavy atom. The quantitative estimate of drug-likeness (QED) is 0.699. The summed E-state index contributed by atoms with van der Waals surface area (Å²) in [5.74, 6) is -1.63. The molecule has 0 aliphatic carbocycles. The van der Waals surface area contributed by atoms with Crippen LogP contribution in [0.2, 0.25) is 0 Å². The number of benzene rings is 1. The number of hydrogen-bond donors (Lipinski definition) is 1. The van der Waals surface area contributed by atoms with Crippen LogP contribution in [0.4, 0.5) is 8.78 Å². The van der Waals surface area contributed by atoms with E-state index in [2.05, 4.69) is 18.7 Å². The van der Waals surface area contributed by atoms with Gasteiger partial charge in [-0.1, -0.05) is 38.8 Å². The monoisotopic (exact) mass is 298 g/mol. The number of hydrogen-bond acceptors (Lipinski definition) is 2. The van der Waals surface area contributed by atoms with Crippen molar-refractivity contribution in [2.24, 2.45) is 5.73 Å². The predicted octanol–water partition coefficient (Wildman–Crippen LogP) is 4.26. The van der Waals surface area contributed by atoms with Gasteiger partial charge in [0.25, 0.3) is 0 Å². The lowest BCUT2D eigenvalue weighted by molar-refractivity contribution is 0.254. The van der Waals surface area contributed by atoms with E-state index in [-0.39, 0.29) is 5.56 Å². The first-order chi connectivity index (χ1) is 10.1. The standard InChI is InChI=1S/C17H28F2N2/c1-3-5-11-21(12-6-4-2)13-10-16(20)14-8-7-9-15(18)17(14)19/h7-9,16H,3-6,10-13,20H2,1-2H3. The molecule has 0 amide bonds. The third-order valence-electron chi connectivity index (χ3n) is 3.79. The normalized spacial score (nSPS) is 12.9. The van der Waals surface area contributed by atoms with Gasteiger partial charge in [0.05, 0.1) is 0 Å². The second-order valence-corrected chi connectivity index (χ2v) is 5.59. The molecule has 0 saturated carbocycles. The third kappa shape index (κ3) is 6.10. The van der Waals surface area contributed by atoms with E-state index in [9.17, 15) is 8.78 Å². The average Bonchev–Trinajstić information content (AvgIpc) is 2.49. The number of halogens is 2. The van der Waals surface area contributed by atoms with Crippen LogP contribution in [0, 0.1) is 11.6 Å². The molecule has 1 unspecified atom stereocenters. The smallest absolute Gasteiger partial charge is 0.163 e. The van der Waals surface area contributed by atoms with Crippen molar-refractivity contribution in [3.63, 3.8) is 0 Å². The molecule has 0 fully saturated rings. The van der Waals surface area contributed by atoms with Gasteiger partial charge in [-0.3, -0.25) is 0 Å². The Morgan fingerprint density at radius 1 is 1.05 bits per heavy atom. The molecule has 21 heavy (non-hydrogen) atoms. The molecule has 0 aromatic heterocycles. The van der Waals surface area contributed by atoms with E-state index in [1.807, 2.05) is 0 Å². The molecule has 0 radical (unpaired) electrons. The van der Waals surface area contributed by atoms with Crippen LogP contribution < -0.4 is 5.73 Å². The molecule has 2 N–H and O–H groups in total. The number of unbranched alkanes of at least 4 members (excludes halogenated alkanes) is 2. The molecule has 1 atom stereocenters. The molecule has 0 aliphatic rings. The second kappa shape index (κ2) is 9.85. The van der Waals surface area contributed by atoms with Gasteiger partial charge in [0.1, 0.15) is 0 Å². The maximum absolute atomic E-state index is 13.7. The van der Waals surface area contributed by atoms with Gasteiger partial charge in [-0.25, -0.2) is 8.78 Å². The highest BCUT2D eigenvalue weighted by Gasteiger charge is 2.15. The molecule has 0 heterocycles. The van der Waals surface area contributed by atoms with E-state index in [0.29, 0.717) is 6.42 Å². The summed E-state index contributed by atoms with van der Waals surface area (Å²) in [4.78, 5) is 2.38. The minimum atomic E-state index is -0.822. The number of nitrogens with two attached hydrogens (primary N) is 1. The Morgan fingerprint density at radius 3 is 2.24 bits per heavy atom. The summed E-state index contributed by atoms with van der Waals surface area (Å²) in [6.07, 6.45) is 5.29. The first-order valence-corrected chi connectivity index (χ1v) is 8.02. The minimum absolute atomic E-state index is 0.279. The van der Waals surface area contributed by atoms with Crippen molar-refractivity contribution in [3.8, 4) is 0 Å². The van der Waals surface area contributed by atoms with Crippen LogP contribution in [0.15, 0.2) is 18.2 Å². The summed E-state index contributed by atoms with van der Waals surface area (Å²) in [7, 11) is 0. The first kappa shape index (κ1) is 18.1. The van der Waals surface area contributed by atoms with E-state index in [1.165, 1.54) is 6.07 Å². The fourth-order valence-corrected chi connectivity index (χ4v) is 2.38. The van der Waals surface area contributed by atoms with Crippen LogP contribution in [0.5, 0.6) is 0 Å². The van der Waals surface area contributed by atoms with Crippen molar-refractivity contribution < 1.29 is 8.78 Å². The zero-order valence-corrected chi connectivity index (χ0v) is 13.2. The highest BCUT2D eigenvalue weighted by atomic mass is 19.2. The lowest BCUT2D eigenvalue weighted by Crippen LogP contribution is -2.29. The molecule has 0 saturated heterocycles. The molecule has 2 nitrogen and oxygen atoms in total. The predicted molar refractivity (Wildman–Crippen MR) is 84.2 cm³/mol. The summed E-state index contributed by atoms with van der Waals surface area (Å²) in [5, 5.41) is 0. The van der Waals surface area contributed by atoms with Gasteiger partial charge < -0.3 is 10.6 Å². The van der Waals surface area contributed by atoms with Gasteiger partial charge in [0.2, 0.25) is 0 Å². The first-order valence-electron chi connectivity index (χ1n) is 8.02. The molecule has 1 aromatic rings. The molecule has 1 aromatic carbocycles. The lowest BCUT2D eigenvalue weighted by Gasteiger charge is -2.24. The van der Waals surface area contributed by atoms with Crippen LogP contribution in [-0.4, -0.2) is 24.5 Å². The summed E-state index contributed by atoms with van der Waals surface area (Å²) < 4.78 is 26.9. The number of rotatable bonds is 10. The Hall–Kier alpha value is -1.00. The molecule has 0 bridgehead atoms. The van der Waals surface area contributed by atoms with Gasteiger partial charge in [-0.05, 0) is 45.0 Å². The minimum Gasteiger partial charge on any atom is -0.324 e. The second-order valence-electron chi connectivity index (χ2n) is 5.59. The summed E-state index contributed by atoms with van der Waals surface area (Å²) in [5.41, 5.74) is 6.32. The molecule has 1 rings (SSSR count). The summed E-state index contributed by atoms with van der Waals surface area (Å²) in [6, 6.07) is 3.76. The van der Waals surface area contributed by atoms with Gasteiger partial charge in [0, 0.05) is 11.6 Å². The van der Waals surface area contributed by atoms with E-state index in [1.54, 1.807) is 6.07 Å². The van der Waals surface area contributed by atoms with E-state index in [4.69, 9.17) is 5.73 Å². The molecule has 120 valence electrons. The Kier molecular flexibility index (Phi) is 8.47. The topological polar surface area (TPSA) is 29.3 Å². The maximum atomic E-state index is 13.7. The fourth-order valence-electron chi connectivity index (χ4n) is 2.38. The van der Waals surface area contributed by atoms with Crippen LogP contribution in [0.1, 0.15) is 57.6 Å². The van der Waals surface area contributed by atoms with Crippen molar-refractivity contribution in [2.45, 2.75) is 52.0 Å². The van der Waals surface area contributed by atoms with Gasteiger partial charge in [-0.2, -0.15) is 0 Å². The van der Waals surface area contributed by atoms with Crippen LogP contribution >= 0.6 is 0 Å². The van der Waals surface area contributed by atoms with Crippen molar-refractivity contribution >= 4 is 0 Å². The highest BCUT2D eigenvalue weighted by molar-refractivity contribution is 5.22. The largest absolute Gasteiger partial charge is 0.324 e. The van der Waals surface area contributed by atoms with Crippen LogP contribution in [0.3, 0.4) is 0 Å². The van der Waals surface area contributed by atoms with Gasteiger partial charge >= 0.3 is 0 Å². The van der Waals surface area contributed by atoms with Crippen molar-refractivity contribution in [3.05, 3.63) is 35.4 Å². The third-order valence-corrected chi connectivity index (χ3v) is 3.79. The molecular formula is C17H28F2N2. The highest BCUT2D eigenvalue weighted by Crippen LogP contribution is 2.20. The average molecular weight is 298 g/mol. The molecule has 0 aliphatic heterocycles. The van der Waals surface area contributed by atoms with E-state index >= 15 is 0 Å². The van der Waals surface area contributed by atoms with E-state index in [0.717, 1.165) is 51.4 Å². The number of nitrogens with zero attached hydrogens (tertiary/aromatic N) is 1. The maximum Gasteiger partial charge on any atom is 0.163 e. The lowest BCUT2D eigenvalue weighted by atomic mass is 10.0. The van der Waals surface area contributed by atoms with Crippen molar-refractivity contribution in [1.29, 1.82) is 0 Å². The van der Waals surface area contributed by atoms with Crippen LogP contribution in [-0.2, 0) is 0 Å². The van der Waals surface area contributed by atoms with E-state index < -0.39 is 17.7 Å². The summed E-state index contributed by atoms with van der Waals surface area (Å²) >= 11 is 0. The molecule has 4 heteroatoms. The van der Waals surface area contributed by atoms with Crippen molar-refractivity contribution in [2.75, 3.05) is 19.6 Å². The Bertz CT molecular complexity index is 402. The van der Waals surface area contributed by atoms with Crippen molar-refractivity contribution in [1.82, 2.24) is 4.90 Å². The zero-order valence-electron chi connectivity index (χ0n) is 13.2. The Labute approximate surface area is 127 Å². The zero-order chi connectivity index (χ0) is 15.7. The molecule has 0 spiro atoms. The molecular weight excluding hydrogens is 270 g/mol. The SMILES string of the molecule is CCCCN(CCCC)CCC(N)c1cccc(F)c1F. The fraction of sp³-hybridized carbons (Fsp3) is 0.647. The Balaban J connectivity index is 2.55. The summed E-state index contributed by atoms with van der Waals surface area (Å²) in [6.45, 7) is 7.28. The van der Waals surface area contributed by atoms with Gasteiger partial charge in [-0.15, -0.1) is 0 Å². The van der Waals surface area contributed by atoms with Crippen LogP contribution in [0.25, 0.3) is 0 Å².